The van der Waals surface area contributed by atoms with Gasteiger partial charge in [0.1, 0.15) is 15.3 Å². The lowest BCUT2D eigenvalue weighted by atomic mass is 10.1. The summed E-state index contributed by atoms with van der Waals surface area (Å²) in [4.78, 5) is 0.191. The van der Waals surface area contributed by atoms with Crippen LogP contribution < -0.4 is 5.73 Å². The summed E-state index contributed by atoms with van der Waals surface area (Å²) in [6.07, 6.45) is 0. The van der Waals surface area contributed by atoms with E-state index in [0.29, 0.717) is 11.1 Å². The number of thiophene rings is 1. The van der Waals surface area contributed by atoms with Crippen molar-refractivity contribution >= 4 is 26.2 Å². The fourth-order valence-electron chi connectivity index (χ4n) is 2.42. The predicted octanol–water partition coefficient (Wildman–Crippen LogP) is 4.01. The van der Waals surface area contributed by atoms with Crippen LogP contribution in [0.15, 0.2) is 63.7 Å². The second-order valence-electron chi connectivity index (χ2n) is 5.30. The van der Waals surface area contributed by atoms with Gasteiger partial charge < -0.3 is 5.73 Å². The summed E-state index contributed by atoms with van der Waals surface area (Å²) in [5.74, 6) is 0. The summed E-state index contributed by atoms with van der Waals surface area (Å²) in [5, 5.41) is 9.64. The van der Waals surface area contributed by atoms with Crippen LogP contribution in [0.3, 0.4) is 0 Å². The van der Waals surface area contributed by atoms with Gasteiger partial charge in [0, 0.05) is 5.56 Å². The molecule has 0 atom stereocenters. The number of nitrogens with two attached hydrogens (primary N) is 1. The van der Waals surface area contributed by atoms with Crippen LogP contribution >= 0.6 is 11.3 Å². The molecule has 0 unspecified atom stereocenters. The van der Waals surface area contributed by atoms with E-state index >= 15 is 0 Å². The lowest BCUT2D eigenvalue weighted by Gasteiger charge is -2.07. The standard InChI is InChI=1S/C18H14N2O2S2/c1-12-7-9-14(10-8-12)24(21,22)18-16(13-5-3-2-4-6-13)15(11-19)17(20)23-18/h2-10H,20H2,1H3. The van der Waals surface area contributed by atoms with Crippen molar-refractivity contribution in [3.8, 4) is 17.2 Å². The molecule has 0 aliphatic carbocycles. The van der Waals surface area contributed by atoms with Crippen LogP contribution in [0.2, 0.25) is 0 Å². The van der Waals surface area contributed by atoms with Crippen LogP contribution in [-0.4, -0.2) is 8.42 Å². The van der Waals surface area contributed by atoms with Gasteiger partial charge in [0.15, 0.2) is 0 Å². The van der Waals surface area contributed by atoms with E-state index in [0.717, 1.165) is 16.9 Å². The number of nitriles is 1. The Kier molecular flexibility index (Phi) is 4.14. The van der Waals surface area contributed by atoms with Crippen molar-refractivity contribution in [2.24, 2.45) is 0 Å². The number of rotatable bonds is 3. The predicted molar refractivity (Wildman–Crippen MR) is 95.5 cm³/mol. The van der Waals surface area contributed by atoms with Crippen LogP contribution in [0, 0.1) is 18.3 Å². The van der Waals surface area contributed by atoms with Crippen molar-refractivity contribution in [1.82, 2.24) is 0 Å². The minimum absolute atomic E-state index is 0.103. The first-order chi connectivity index (χ1) is 11.4. The Morgan fingerprint density at radius 1 is 1.04 bits per heavy atom. The molecule has 3 aromatic rings. The van der Waals surface area contributed by atoms with Crippen LogP contribution in [0.25, 0.3) is 11.1 Å². The van der Waals surface area contributed by atoms with Crippen molar-refractivity contribution in [1.29, 1.82) is 5.26 Å². The van der Waals surface area contributed by atoms with E-state index in [1.165, 1.54) is 0 Å². The van der Waals surface area contributed by atoms with Crippen molar-refractivity contribution in [3.63, 3.8) is 0 Å². The van der Waals surface area contributed by atoms with Gasteiger partial charge >= 0.3 is 0 Å². The maximum absolute atomic E-state index is 13.1. The monoisotopic (exact) mass is 354 g/mol. The second kappa shape index (κ2) is 6.11. The van der Waals surface area contributed by atoms with E-state index in [4.69, 9.17) is 5.73 Å². The third kappa shape index (κ3) is 2.68. The van der Waals surface area contributed by atoms with Gasteiger partial charge in [-0.25, -0.2) is 8.42 Å². The molecule has 0 saturated carbocycles. The molecule has 2 N–H and O–H groups in total. The second-order valence-corrected chi connectivity index (χ2v) is 8.50. The molecule has 3 rings (SSSR count). The van der Waals surface area contributed by atoms with Crippen molar-refractivity contribution in [2.75, 3.05) is 5.73 Å². The SMILES string of the molecule is Cc1ccc(S(=O)(=O)c2sc(N)c(C#N)c2-c2ccccc2)cc1. The summed E-state index contributed by atoms with van der Waals surface area (Å²) < 4.78 is 26.2. The van der Waals surface area contributed by atoms with Gasteiger partial charge in [0.25, 0.3) is 0 Å². The lowest BCUT2D eigenvalue weighted by Crippen LogP contribution is -2.01. The topological polar surface area (TPSA) is 83.9 Å². The summed E-state index contributed by atoms with van der Waals surface area (Å²) in [6.45, 7) is 1.89. The normalized spacial score (nSPS) is 11.2. The third-order valence-corrected chi connectivity index (χ3v) is 6.96. The zero-order valence-corrected chi connectivity index (χ0v) is 14.5. The highest BCUT2D eigenvalue weighted by Gasteiger charge is 2.28. The molecule has 2 aromatic carbocycles. The van der Waals surface area contributed by atoms with Crippen LogP contribution in [0.4, 0.5) is 5.00 Å². The Bertz CT molecular complexity index is 1030. The first-order valence-electron chi connectivity index (χ1n) is 7.14. The number of nitrogens with zero attached hydrogens (tertiary/aromatic N) is 1. The Balaban J connectivity index is 2.29. The average molecular weight is 354 g/mol. The van der Waals surface area contributed by atoms with Crippen LogP contribution in [0.5, 0.6) is 0 Å². The average Bonchev–Trinajstić information content (AvgIpc) is 2.93. The molecule has 4 nitrogen and oxygen atoms in total. The van der Waals surface area contributed by atoms with E-state index in [9.17, 15) is 13.7 Å². The van der Waals surface area contributed by atoms with Crippen molar-refractivity contribution in [2.45, 2.75) is 16.0 Å². The molecule has 0 aliphatic heterocycles. The smallest absolute Gasteiger partial charge is 0.216 e. The molecular formula is C18H14N2O2S2. The third-order valence-electron chi connectivity index (χ3n) is 3.65. The molecule has 0 amide bonds. The number of hydrogen-bond donors (Lipinski definition) is 1. The Labute approximate surface area is 144 Å². The Hall–Kier alpha value is -2.62. The molecule has 24 heavy (non-hydrogen) atoms. The van der Waals surface area contributed by atoms with E-state index in [2.05, 4.69) is 0 Å². The van der Waals surface area contributed by atoms with Gasteiger partial charge in [0.05, 0.1) is 10.5 Å². The van der Waals surface area contributed by atoms with Crippen molar-refractivity contribution < 1.29 is 8.42 Å². The summed E-state index contributed by atoms with van der Waals surface area (Å²) in [6, 6.07) is 17.7. The largest absolute Gasteiger partial charge is 0.389 e. The molecule has 0 spiro atoms. The number of nitrogen functional groups attached to an aromatic ring is 1. The molecule has 0 fully saturated rings. The molecule has 1 aromatic heterocycles. The first kappa shape index (κ1) is 16.2. The maximum Gasteiger partial charge on any atom is 0.216 e. The minimum atomic E-state index is -3.76. The molecule has 0 radical (unpaired) electrons. The molecule has 120 valence electrons. The Morgan fingerprint density at radius 3 is 2.25 bits per heavy atom. The van der Waals surface area contributed by atoms with Gasteiger partial charge in [-0.3, -0.25) is 0 Å². The van der Waals surface area contributed by atoms with Gasteiger partial charge in [-0.1, -0.05) is 48.0 Å². The summed E-state index contributed by atoms with van der Waals surface area (Å²) in [7, 11) is -3.76. The highest BCUT2D eigenvalue weighted by atomic mass is 32.2. The summed E-state index contributed by atoms with van der Waals surface area (Å²) >= 11 is 0.934. The summed E-state index contributed by atoms with van der Waals surface area (Å²) in [5.41, 5.74) is 8.13. The highest BCUT2D eigenvalue weighted by Crippen LogP contribution is 2.43. The molecule has 1 heterocycles. The van der Waals surface area contributed by atoms with E-state index < -0.39 is 9.84 Å². The molecular weight excluding hydrogens is 340 g/mol. The van der Waals surface area contributed by atoms with E-state index in [1.54, 1.807) is 48.5 Å². The Morgan fingerprint density at radius 2 is 1.67 bits per heavy atom. The number of sulfone groups is 1. The fraction of sp³-hybridized carbons (Fsp3) is 0.0556. The van der Waals surface area contributed by atoms with Gasteiger partial charge in [-0.2, -0.15) is 5.26 Å². The van der Waals surface area contributed by atoms with E-state index in [-0.39, 0.29) is 19.7 Å². The van der Waals surface area contributed by atoms with Gasteiger partial charge in [-0.15, -0.1) is 11.3 Å². The van der Waals surface area contributed by atoms with E-state index in [1.807, 2.05) is 19.1 Å². The number of benzene rings is 2. The molecule has 0 bridgehead atoms. The lowest BCUT2D eigenvalue weighted by molar-refractivity contribution is 0.598. The highest BCUT2D eigenvalue weighted by molar-refractivity contribution is 7.93. The van der Waals surface area contributed by atoms with Crippen LogP contribution in [-0.2, 0) is 9.84 Å². The number of anilines is 1. The number of aryl methyl sites for hydroxylation is 1. The fourth-order valence-corrected chi connectivity index (χ4v) is 5.38. The van der Waals surface area contributed by atoms with Gasteiger partial charge in [-0.05, 0) is 24.6 Å². The minimum Gasteiger partial charge on any atom is -0.389 e. The van der Waals surface area contributed by atoms with Crippen LogP contribution in [0.1, 0.15) is 11.1 Å². The van der Waals surface area contributed by atoms with Gasteiger partial charge in [0.2, 0.25) is 9.84 Å². The molecule has 0 aliphatic rings. The molecule has 0 saturated heterocycles. The zero-order valence-electron chi connectivity index (χ0n) is 12.9. The molecule has 6 heteroatoms. The van der Waals surface area contributed by atoms with Crippen molar-refractivity contribution in [3.05, 3.63) is 65.7 Å². The zero-order chi connectivity index (χ0) is 17.3. The quantitative estimate of drug-likeness (QED) is 0.770. The number of hydrogen-bond acceptors (Lipinski definition) is 5. The maximum atomic E-state index is 13.1. The first-order valence-corrected chi connectivity index (χ1v) is 9.44.